The Morgan fingerprint density at radius 2 is 2.04 bits per heavy atom. The minimum Gasteiger partial charge on any atom is -0.507 e. The van der Waals surface area contributed by atoms with E-state index in [1.165, 1.54) is 6.07 Å². The van der Waals surface area contributed by atoms with Gasteiger partial charge in [0, 0.05) is 52.6 Å². The highest BCUT2D eigenvalue weighted by molar-refractivity contribution is 6.30. The van der Waals surface area contributed by atoms with E-state index in [1.807, 2.05) is 0 Å². The second-order valence-corrected chi connectivity index (χ2v) is 6.86. The van der Waals surface area contributed by atoms with Crippen molar-refractivity contribution in [2.45, 2.75) is 31.2 Å². The van der Waals surface area contributed by atoms with Gasteiger partial charge in [0.05, 0.1) is 0 Å². The highest BCUT2D eigenvalue weighted by Crippen LogP contribution is 2.38. The molecule has 0 radical (unpaired) electrons. The van der Waals surface area contributed by atoms with E-state index in [0.29, 0.717) is 39.3 Å². The van der Waals surface area contributed by atoms with Crippen molar-refractivity contribution in [3.63, 3.8) is 0 Å². The number of hydrogen-bond acceptors (Lipinski definition) is 5. The molecule has 1 aliphatic carbocycles. The Morgan fingerprint density at radius 3 is 2.77 bits per heavy atom. The van der Waals surface area contributed by atoms with Crippen molar-refractivity contribution in [2.75, 3.05) is 5.32 Å². The van der Waals surface area contributed by atoms with Crippen molar-refractivity contribution in [3.05, 3.63) is 41.7 Å². The molecule has 1 saturated carbocycles. The van der Waals surface area contributed by atoms with Gasteiger partial charge in [-0.3, -0.25) is 4.98 Å². The highest BCUT2D eigenvalue weighted by Gasteiger charge is 2.39. The molecule has 1 fully saturated rings. The number of fused-ring (bicyclic) bond motifs is 1. The first-order valence-corrected chi connectivity index (χ1v) is 8.54. The Labute approximate surface area is 153 Å². The van der Waals surface area contributed by atoms with Crippen molar-refractivity contribution >= 4 is 28.2 Å². The maximum absolute atomic E-state index is 13.4. The number of alkyl halides is 2. The van der Waals surface area contributed by atoms with E-state index >= 15 is 0 Å². The summed E-state index contributed by atoms with van der Waals surface area (Å²) in [5.41, 5.74) is 0.955. The third kappa shape index (κ3) is 3.14. The van der Waals surface area contributed by atoms with Crippen molar-refractivity contribution in [3.8, 4) is 17.0 Å². The first kappa shape index (κ1) is 16.9. The van der Waals surface area contributed by atoms with Gasteiger partial charge in [0.15, 0.2) is 5.82 Å². The minimum absolute atomic E-state index is 0.0129. The molecule has 0 aliphatic heterocycles. The van der Waals surface area contributed by atoms with Crippen molar-refractivity contribution in [1.29, 1.82) is 0 Å². The first-order chi connectivity index (χ1) is 12.4. The SMILES string of the molecule is Oc1cc(Cl)ccc1-c1nnc(N[C@@H]2CCC(F)(F)C2)c2cnccc12. The summed E-state index contributed by atoms with van der Waals surface area (Å²) in [6.07, 6.45) is 3.22. The van der Waals surface area contributed by atoms with Crippen molar-refractivity contribution in [2.24, 2.45) is 0 Å². The fraction of sp³-hybridized carbons (Fsp3) is 0.278. The van der Waals surface area contributed by atoms with Gasteiger partial charge in [-0.25, -0.2) is 8.78 Å². The quantitative estimate of drug-likeness (QED) is 0.696. The Morgan fingerprint density at radius 1 is 1.19 bits per heavy atom. The maximum atomic E-state index is 13.4. The lowest BCUT2D eigenvalue weighted by Gasteiger charge is -2.16. The highest BCUT2D eigenvalue weighted by atomic mass is 35.5. The molecule has 134 valence electrons. The standard InChI is InChI=1S/C18H15ClF2N4O/c19-10-1-2-13(15(26)7-10)16-12-4-6-22-9-14(12)17(25-24-16)23-11-3-5-18(20,21)8-11/h1-2,4,6-7,9,11,26H,3,5,8H2,(H,23,25)/t11-/m1/s1. The van der Waals surface area contributed by atoms with E-state index < -0.39 is 5.92 Å². The summed E-state index contributed by atoms with van der Waals surface area (Å²) in [6.45, 7) is 0. The number of aromatic hydroxyl groups is 1. The number of rotatable bonds is 3. The Balaban J connectivity index is 1.76. The molecule has 5 nitrogen and oxygen atoms in total. The molecular weight excluding hydrogens is 362 g/mol. The van der Waals surface area contributed by atoms with Crippen LogP contribution < -0.4 is 5.32 Å². The number of benzene rings is 1. The summed E-state index contributed by atoms with van der Waals surface area (Å²) < 4.78 is 26.9. The van der Waals surface area contributed by atoms with E-state index in [1.54, 1.807) is 30.6 Å². The first-order valence-electron chi connectivity index (χ1n) is 8.17. The van der Waals surface area contributed by atoms with Gasteiger partial charge in [-0.15, -0.1) is 10.2 Å². The van der Waals surface area contributed by atoms with Crippen molar-refractivity contribution in [1.82, 2.24) is 15.2 Å². The fourth-order valence-electron chi connectivity index (χ4n) is 3.27. The molecule has 2 aromatic heterocycles. The zero-order chi connectivity index (χ0) is 18.3. The topological polar surface area (TPSA) is 70.9 Å². The van der Waals surface area contributed by atoms with Crippen LogP contribution in [0.1, 0.15) is 19.3 Å². The molecule has 0 bridgehead atoms. The average molecular weight is 377 g/mol. The number of aromatic nitrogens is 3. The molecule has 2 N–H and O–H groups in total. The number of pyridine rings is 1. The number of nitrogens with zero attached hydrogens (tertiary/aromatic N) is 3. The summed E-state index contributed by atoms with van der Waals surface area (Å²) in [4.78, 5) is 4.11. The number of phenolic OH excluding ortho intramolecular Hbond substituents is 1. The lowest BCUT2D eigenvalue weighted by atomic mass is 10.1. The average Bonchev–Trinajstić information content (AvgIpc) is 2.94. The van der Waals surface area contributed by atoms with Gasteiger partial charge in [-0.2, -0.15) is 0 Å². The summed E-state index contributed by atoms with van der Waals surface area (Å²) >= 11 is 5.89. The zero-order valence-electron chi connectivity index (χ0n) is 13.6. The molecule has 3 aromatic rings. The van der Waals surface area contributed by atoms with Crippen LogP contribution in [-0.4, -0.2) is 32.3 Å². The number of anilines is 1. The second-order valence-electron chi connectivity index (χ2n) is 6.42. The van der Waals surface area contributed by atoms with Crippen molar-refractivity contribution < 1.29 is 13.9 Å². The molecule has 0 saturated heterocycles. The smallest absolute Gasteiger partial charge is 0.250 e. The molecule has 26 heavy (non-hydrogen) atoms. The maximum Gasteiger partial charge on any atom is 0.250 e. The third-order valence-electron chi connectivity index (χ3n) is 4.54. The summed E-state index contributed by atoms with van der Waals surface area (Å²) in [7, 11) is 0. The monoisotopic (exact) mass is 376 g/mol. The van der Waals surface area contributed by atoms with Crippen LogP contribution in [0.3, 0.4) is 0 Å². The Hall–Kier alpha value is -2.54. The van der Waals surface area contributed by atoms with Gasteiger partial charge >= 0.3 is 0 Å². The van der Waals surface area contributed by atoms with Gasteiger partial charge in [0.1, 0.15) is 11.4 Å². The van der Waals surface area contributed by atoms with Gasteiger partial charge in [0.25, 0.3) is 0 Å². The van der Waals surface area contributed by atoms with Crippen LogP contribution >= 0.6 is 11.6 Å². The van der Waals surface area contributed by atoms with Gasteiger partial charge < -0.3 is 10.4 Å². The van der Waals surface area contributed by atoms with Gasteiger partial charge in [-0.05, 0) is 30.7 Å². The van der Waals surface area contributed by atoms with Crippen LogP contribution in [0.5, 0.6) is 5.75 Å². The molecule has 1 aromatic carbocycles. The van der Waals surface area contributed by atoms with Crippen LogP contribution in [0.25, 0.3) is 22.0 Å². The number of nitrogens with one attached hydrogen (secondary N) is 1. The molecule has 1 aliphatic rings. The largest absolute Gasteiger partial charge is 0.507 e. The lowest BCUT2D eigenvalue weighted by Crippen LogP contribution is -2.20. The van der Waals surface area contributed by atoms with E-state index in [-0.39, 0.29) is 24.6 Å². The van der Waals surface area contributed by atoms with Crippen LogP contribution in [0.15, 0.2) is 36.7 Å². The van der Waals surface area contributed by atoms with E-state index in [4.69, 9.17) is 11.6 Å². The lowest BCUT2D eigenvalue weighted by molar-refractivity contribution is 0.00852. The minimum atomic E-state index is -2.64. The van der Waals surface area contributed by atoms with Gasteiger partial charge in [-0.1, -0.05) is 11.6 Å². The van der Waals surface area contributed by atoms with E-state index in [0.717, 1.165) is 0 Å². The number of phenols is 1. The normalized spacial score (nSPS) is 19.0. The molecule has 2 heterocycles. The van der Waals surface area contributed by atoms with Crippen LogP contribution in [-0.2, 0) is 0 Å². The predicted molar refractivity (Wildman–Crippen MR) is 95.7 cm³/mol. The van der Waals surface area contributed by atoms with Crippen LogP contribution in [0, 0.1) is 0 Å². The zero-order valence-corrected chi connectivity index (χ0v) is 14.3. The third-order valence-corrected chi connectivity index (χ3v) is 4.78. The van der Waals surface area contributed by atoms with Crippen LogP contribution in [0.2, 0.25) is 5.02 Å². The Bertz CT molecular complexity index is 983. The predicted octanol–water partition coefficient (Wildman–Crippen LogP) is 4.65. The van der Waals surface area contributed by atoms with Crippen LogP contribution in [0.4, 0.5) is 14.6 Å². The summed E-state index contributed by atoms with van der Waals surface area (Å²) in [6, 6.07) is 6.13. The molecule has 8 heteroatoms. The summed E-state index contributed by atoms with van der Waals surface area (Å²) in [5, 5.41) is 23.4. The number of halogens is 3. The van der Waals surface area contributed by atoms with E-state index in [9.17, 15) is 13.9 Å². The fourth-order valence-corrected chi connectivity index (χ4v) is 3.44. The van der Waals surface area contributed by atoms with E-state index in [2.05, 4.69) is 20.5 Å². The molecular formula is C18H15ClF2N4O. The Kier molecular flexibility index (Phi) is 4.11. The number of hydrogen-bond donors (Lipinski definition) is 2. The molecule has 0 spiro atoms. The molecule has 0 unspecified atom stereocenters. The molecule has 4 rings (SSSR count). The molecule has 1 atom stereocenters. The van der Waals surface area contributed by atoms with Gasteiger partial charge in [0.2, 0.25) is 5.92 Å². The summed E-state index contributed by atoms with van der Waals surface area (Å²) in [5.74, 6) is -2.25. The molecule has 0 amide bonds. The second kappa shape index (κ2) is 6.32.